The zero-order chi connectivity index (χ0) is 16.1. The molecule has 0 bridgehead atoms. The molecule has 0 aliphatic heterocycles. The third-order valence-electron chi connectivity index (χ3n) is 2.62. The average molecular weight is 307 g/mol. The molecule has 0 aromatic heterocycles. The van der Waals surface area contributed by atoms with Crippen LogP contribution in [0.25, 0.3) is 0 Å². The molecule has 0 saturated heterocycles. The van der Waals surface area contributed by atoms with Crippen molar-refractivity contribution >= 4 is 17.6 Å². The quantitative estimate of drug-likeness (QED) is 0.641. The van der Waals surface area contributed by atoms with Gasteiger partial charge in [-0.3, -0.25) is 10.2 Å². The maximum absolute atomic E-state index is 13.3. The molecule has 3 amide bonds. The normalized spacial score (nSPS) is 9.91. The van der Waals surface area contributed by atoms with Crippen LogP contribution < -0.4 is 16.2 Å². The van der Waals surface area contributed by atoms with E-state index < -0.39 is 23.6 Å². The highest BCUT2D eigenvalue weighted by Gasteiger charge is 2.12. The number of halogens is 2. The van der Waals surface area contributed by atoms with Crippen molar-refractivity contribution in [2.45, 2.75) is 0 Å². The minimum atomic E-state index is -0.956. The van der Waals surface area contributed by atoms with Gasteiger partial charge in [-0.1, -0.05) is 12.1 Å². The highest BCUT2D eigenvalue weighted by atomic mass is 19.1. The van der Waals surface area contributed by atoms with Crippen LogP contribution in [0.15, 0.2) is 42.5 Å². The van der Waals surface area contributed by atoms with Crippen molar-refractivity contribution in [1.82, 2.24) is 10.9 Å². The maximum Gasteiger partial charge on any atom is 0.338 e. The molecule has 6 nitrogen and oxygen atoms in total. The topological polar surface area (TPSA) is 90.5 Å². The number of para-hydroxylation sites is 1. The van der Waals surface area contributed by atoms with Gasteiger partial charge in [-0.25, -0.2) is 19.0 Å². The van der Waals surface area contributed by atoms with Crippen LogP contribution in [-0.4, -0.2) is 17.0 Å². The molecule has 22 heavy (non-hydrogen) atoms. The Morgan fingerprint density at radius 3 is 2.41 bits per heavy atom. The number of phenols is 1. The minimum absolute atomic E-state index is 0.0456. The van der Waals surface area contributed by atoms with Crippen LogP contribution in [0.5, 0.6) is 5.75 Å². The summed E-state index contributed by atoms with van der Waals surface area (Å²) >= 11 is 0. The zero-order valence-electron chi connectivity index (χ0n) is 11.1. The second-order valence-corrected chi connectivity index (χ2v) is 4.17. The molecule has 0 radical (unpaired) electrons. The van der Waals surface area contributed by atoms with E-state index in [1.54, 1.807) is 0 Å². The monoisotopic (exact) mass is 307 g/mol. The number of hydrogen-bond acceptors (Lipinski definition) is 3. The fourth-order valence-corrected chi connectivity index (χ4v) is 1.59. The number of rotatable bonds is 2. The molecule has 2 rings (SSSR count). The lowest BCUT2D eigenvalue weighted by Crippen LogP contribution is -2.44. The van der Waals surface area contributed by atoms with Crippen molar-refractivity contribution in [1.29, 1.82) is 0 Å². The molecule has 0 saturated carbocycles. The van der Waals surface area contributed by atoms with Crippen LogP contribution in [-0.2, 0) is 0 Å². The van der Waals surface area contributed by atoms with Gasteiger partial charge < -0.3 is 10.4 Å². The summed E-state index contributed by atoms with van der Waals surface area (Å²) in [6.45, 7) is 0. The van der Waals surface area contributed by atoms with Gasteiger partial charge in [0.25, 0.3) is 5.91 Å². The Morgan fingerprint density at radius 2 is 1.73 bits per heavy atom. The first-order chi connectivity index (χ1) is 10.5. The van der Waals surface area contributed by atoms with E-state index in [0.29, 0.717) is 6.07 Å². The number of nitrogens with one attached hydrogen (secondary N) is 3. The molecule has 4 N–H and O–H groups in total. The van der Waals surface area contributed by atoms with Crippen LogP contribution in [0.2, 0.25) is 0 Å². The molecule has 8 heteroatoms. The SMILES string of the molecule is O=C(NNC(=O)c1ccccc1O)Nc1ccc(F)cc1F. The second kappa shape index (κ2) is 6.53. The number of anilines is 1. The largest absolute Gasteiger partial charge is 0.507 e. The molecule has 0 aliphatic carbocycles. The first kappa shape index (κ1) is 15.2. The van der Waals surface area contributed by atoms with Crippen LogP contribution >= 0.6 is 0 Å². The van der Waals surface area contributed by atoms with Gasteiger partial charge in [0.15, 0.2) is 0 Å². The van der Waals surface area contributed by atoms with Gasteiger partial charge in [0.1, 0.15) is 17.4 Å². The summed E-state index contributed by atoms with van der Waals surface area (Å²) in [5.41, 5.74) is 3.71. The lowest BCUT2D eigenvalue weighted by Gasteiger charge is -2.10. The van der Waals surface area contributed by atoms with Gasteiger partial charge in [-0.2, -0.15) is 0 Å². The van der Waals surface area contributed by atoms with Crippen molar-refractivity contribution in [3.8, 4) is 5.75 Å². The van der Waals surface area contributed by atoms with Crippen molar-refractivity contribution in [2.75, 3.05) is 5.32 Å². The number of phenolic OH excluding ortho intramolecular Hbond substituents is 1. The number of hydrazine groups is 1. The first-order valence-corrected chi connectivity index (χ1v) is 6.08. The number of benzene rings is 2. The van der Waals surface area contributed by atoms with Gasteiger partial charge in [0.05, 0.1) is 11.3 Å². The summed E-state index contributed by atoms with van der Waals surface area (Å²) in [6.07, 6.45) is 0. The molecular formula is C14H11F2N3O3. The van der Waals surface area contributed by atoms with Crippen LogP contribution in [0.3, 0.4) is 0 Å². The summed E-state index contributed by atoms with van der Waals surface area (Å²) < 4.78 is 26.0. The van der Waals surface area contributed by atoms with E-state index in [-0.39, 0.29) is 17.0 Å². The number of carbonyl (C=O) groups excluding carboxylic acids is 2. The Balaban J connectivity index is 1.93. The van der Waals surface area contributed by atoms with E-state index in [9.17, 15) is 23.5 Å². The van der Waals surface area contributed by atoms with E-state index >= 15 is 0 Å². The number of aromatic hydroxyl groups is 1. The summed E-state index contributed by atoms with van der Waals surface area (Å²) in [6, 6.07) is 7.40. The third-order valence-corrected chi connectivity index (χ3v) is 2.62. The molecule has 0 unspecified atom stereocenters. The molecule has 114 valence electrons. The standard InChI is InChI=1S/C14H11F2N3O3/c15-8-5-6-11(10(16)7-8)17-14(22)19-18-13(21)9-3-1-2-4-12(9)20/h1-7,20H,(H,18,21)(H2,17,19,22). The highest BCUT2D eigenvalue weighted by Crippen LogP contribution is 2.15. The summed E-state index contributed by atoms with van der Waals surface area (Å²) in [5.74, 6) is -2.75. The number of hydrogen-bond donors (Lipinski definition) is 4. The fourth-order valence-electron chi connectivity index (χ4n) is 1.59. The summed E-state index contributed by atoms with van der Waals surface area (Å²) in [4.78, 5) is 23.2. The molecule has 2 aromatic carbocycles. The smallest absolute Gasteiger partial charge is 0.338 e. The van der Waals surface area contributed by atoms with E-state index in [0.717, 1.165) is 12.1 Å². The number of carbonyl (C=O) groups is 2. The van der Waals surface area contributed by atoms with Crippen molar-refractivity contribution in [3.05, 3.63) is 59.7 Å². The molecule has 0 aliphatic rings. The second-order valence-electron chi connectivity index (χ2n) is 4.17. The predicted molar refractivity (Wildman–Crippen MR) is 74.1 cm³/mol. The highest BCUT2D eigenvalue weighted by molar-refractivity contribution is 5.98. The van der Waals surface area contributed by atoms with Crippen LogP contribution in [0.4, 0.5) is 19.3 Å². The fraction of sp³-hybridized carbons (Fsp3) is 0. The Kier molecular flexibility index (Phi) is 4.52. The van der Waals surface area contributed by atoms with E-state index in [4.69, 9.17) is 0 Å². The maximum atomic E-state index is 13.3. The first-order valence-electron chi connectivity index (χ1n) is 6.08. The average Bonchev–Trinajstić information content (AvgIpc) is 2.48. The Morgan fingerprint density at radius 1 is 1.00 bits per heavy atom. The van der Waals surface area contributed by atoms with Crippen molar-refractivity contribution < 1.29 is 23.5 Å². The lowest BCUT2D eigenvalue weighted by atomic mass is 10.2. The summed E-state index contributed by atoms with van der Waals surface area (Å²) in [7, 11) is 0. The van der Waals surface area contributed by atoms with Gasteiger partial charge in [-0.05, 0) is 24.3 Å². The third kappa shape index (κ3) is 3.69. The number of amides is 3. The molecule has 2 aromatic rings. The Hall–Kier alpha value is -3.16. The van der Waals surface area contributed by atoms with E-state index in [2.05, 4.69) is 5.32 Å². The Labute approximate surface area is 123 Å². The summed E-state index contributed by atoms with van der Waals surface area (Å²) in [5, 5.41) is 11.6. The Bertz CT molecular complexity index is 722. The van der Waals surface area contributed by atoms with Gasteiger partial charge in [0, 0.05) is 6.07 Å². The molecule has 0 spiro atoms. The molecule has 0 heterocycles. The molecule has 0 atom stereocenters. The van der Waals surface area contributed by atoms with Gasteiger partial charge in [-0.15, -0.1) is 0 Å². The van der Waals surface area contributed by atoms with Crippen molar-refractivity contribution in [3.63, 3.8) is 0 Å². The van der Waals surface area contributed by atoms with E-state index in [1.807, 2.05) is 10.9 Å². The predicted octanol–water partition coefficient (Wildman–Crippen LogP) is 2.14. The van der Waals surface area contributed by atoms with Crippen LogP contribution in [0.1, 0.15) is 10.4 Å². The minimum Gasteiger partial charge on any atom is -0.507 e. The lowest BCUT2D eigenvalue weighted by molar-refractivity contribution is 0.0935. The van der Waals surface area contributed by atoms with Crippen molar-refractivity contribution in [2.24, 2.45) is 0 Å². The number of urea groups is 1. The zero-order valence-corrected chi connectivity index (χ0v) is 11.1. The van der Waals surface area contributed by atoms with Gasteiger partial charge in [0.2, 0.25) is 0 Å². The molecule has 0 fully saturated rings. The van der Waals surface area contributed by atoms with Crippen LogP contribution in [0, 0.1) is 11.6 Å². The molecular weight excluding hydrogens is 296 g/mol. The van der Waals surface area contributed by atoms with E-state index in [1.165, 1.54) is 24.3 Å². The van der Waals surface area contributed by atoms with Gasteiger partial charge >= 0.3 is 6.03 Å².